The third-order valence-electron chi connectivity index (χ3n) is 4.50. The maximum absolute atomic E-state index is 11.8. The van der Waals surface area contributed by atoms with E-state index < -0.39 is 0 Å². The third-order valence-corrected chi connectivity index (χ3v) is 4.50. The van der Waals surface area contributed by atoms with Gasteiger partial charge in [0.15, 0.2) is 0 Å². The monoisotopic (exact) mass is 308 g/mol. The van der Waals surface area contributed by atoms with Gasteiger partial charge in [-0.1, -0.05) is 71.6 Å². The van der Waals surface area contributed by atoms with Gasteiger partial charge >= 0.3 is 5.97 Å². The van der Waals surface area contributed by atoms with Crippen LogP contribution in [0.15, 0.2) is 11.8 Å². The van der Waals surface area contributed by atoms with Crippen molar-refractivity contribution in [2.24, 2.45) is 5.92 Å². The van der Waals surface area contributed by atoms with Crippen LogP contribution in [0, 0.1) is 5.92 Å². The fourth-order valence-corrected chi connectivity index (χ4v) is 3.15. The molecule has 0 bridgehead atoms. The summed E-state index contributed by atoms with van der Waals surface area (Å²) in [5, 5.41) is 0. The Hall–Kier alpha value is -0.790. The van der Waals surface area contributed by atoms with Crippen LogP contribution < -0.4 is 0 Å². The molecule has 2 nitrogen and oxygen atoms in total. The van der Waals surface area contributed by atoms with Crippen LogP contribution in [0.5, 0.6) is 0 Å². The number of hydrogen-bond acceptors (Lipinski definition) is 2. The van der Waals surface area contributed by atoms with Crippen molar-refractivity contribution in [3.05, 3.63) is 11.8 Å². The molecule has 1 atom stereocenters. The number of carbonyl (C=O) groups is 1. The Labute approximate surface area is 137 Å². The van der Waals surface area contributed by atoms with Gasteiger partial charge in [-0.2, -0.15) is 0 Å². The van der Waals surface area contributed by atoms with Crippen molar-refractivity contribution >= 4 is 5.97 Å². The number of allylic oxidation sites excluding steroid dienone is 2. The SMILES string of the molecule is CCCC(=O)O/C1=C/[C@H](C)CCCCCCCCCCCC1. The molecule has 0 saturated carbocycles. The summed E-state index contributed by atoms with van der Waals surface area (Å²) in [5.74, 6) is 1.40. The van der Waals surface area contributed by atoms with Crippen LogP contribution in [-0.4, -0.2) is 5.97 Å². The van der Waals surface area contributed by atoms with Crippen molar-refractivity contribution in [1.82, 2.24) is 0 Å². The molecular formula is C20H36O2. The molecule has 0 radical (unpaired) electrons. The minimum Gasteiger partial charge on any atom is -0.431 e. The molecule has 0 aliphatic heterocycles. The van der Waals surface area contributed by atoms with Crippen molar-refractivity contribution in [3.63, 3.8) is 0 Å². The normalized spacial score (nSPS) is 25.4. The molecule has 0 heterocycles. The molecule has 0 aromatic rings. The van der Waals surface area contributed by atoms with Gasteiger partial charge in [-0.25, -0.2) is 0 Å². The molecule has 1 aliphatic rings. The highest BCUT2D eigenvalue weighted by molar-refractivity contribution is 5.70. The molecule has 0 aromatic carbocycles. The minimum absolute atomic E-state index is 0.0566. The van der Waals surface area contributed by atoms with Gasteiger partial charge in [-0.05, 0) is 31.3 Å². The second-order valence-electron chi connectivity index (χ2n) is 6.91. The number of ether oxygens (including phenoxy) is 1. The number of hydrogen-bond donors (Lipinski definition) is 0. The van der Waals surface area contributed by atoms with Crippen LogP contribution in [0.2, 0.25) is 0 Å². The van der Waals surface area contributed by atoms with E-state index >= 15 is 0 Å². The third kappa shape index (κ3) is 10.0. The predicted molar refractivity (Wildman–Crippen MR) is 93.7 cm³/mol. The van der Waals surface area contributed by atoms with Crippen molar-refractivity contribution in [2.45, 2.75) is 104 Å². The van der Waals surface area contributed by atoms with E-state index in [1.165, 1.54) is 64.2 Å². The lowest BCUT2D eigenvalue weighted by Gasteiger charge is -2.12. The second-order valence-corrected chi connectivity index (χ2v) is 6.91. The van der Waals surface area contributed by atoms with Crippen LogP contribution in [0.4, 0.5) is 0 Å². The van der Waals surface area contributed by atoms with Crippen LogP contribution in [0.1, 0.15) is 104 Å². The Morgan fingerprint density at radius 2 is 1.55 bits per heavy atom. The van der Waals surface area contributed by atoms with Crippen molar-refractivity contribution < 1.29 is 9.53 Å². The van der Waals surface area contributed by atoms with Crippen LogP contribution in [0.3, 0.4) is 0 Å². The quantitative estimate of drug-likeness (QED) is 0.553. The largest absolute Gasteiger partial charge is 0.431 e. The standard InChI is InChI=1S/C20H36O2/c1-3-14-20(21)22-19-16-13-11-9-7-5-4-6-8-10-12-15-18(2)17-19/h17-18H,3-16H2,1-2H3/b19-17+/t18-/m1/s1. The highest BCUT2D eigenvalue weighted by Crippen LogP contribution is 2.20. The fourth-order valence-electron chi connectivity index (χ4n) is 3.15. The first-order valence-corrected chi connectivity index (χ1v) is 9.63. The average molecular weight is 309 g/mol. The van der Waals surface area contributed by atoms with E-state index in [1.54, 1.807) is 0 Å². The lowest BCUT2D eigenvalue weighted by atomic mass is 10.0. The van der Waals surface area contributed by atoms with E-state index in [9.17, 15) is 4.79 Å². The van der Waals surface area contributed by atoms with Crippen molar-refractivity contribution in [3.8, 4) is 0 Å². The lowest BCUT2D eigenvalue weighted by Crippen LogP contribution is -2.05. The summed E-state index contributed by atoms with van der Waals surface area (Å²) in [6.45, 7) is 4.28. The van der Waals surface area contributed by atoms with Crippen LogP contribution in [0.25, 0.3) is 0 Å². The molecule has 0 saturated heterocycles. The molecule has 0 unspecified atom stereocenters. The zero-order valence-electron chi connectivity index (χ0n) is 14.9. The summed E-state index contributed by atoms with van der Waals surface area (Å²) < 4.78 is 5.61. The summed E-state index contributed by atoms with van der Waals surface area (Å²) in [5.41, 5.74) is 0. The molecular weight excluding hydrogens is 272 g/mol. The van der Waals surface area contributed by atoms with Crippen molar-refractivity contribution in [2.75, 3.05) is 0 Å². The van der Waals surface area contributed by atoms with Gasteiger partial charge in [-0.3, -0.25) is 4.79 Å². The van der Waals surface area contributed by atoms with E-state index in [0.717, 1.165) is 25.0 Å². The topological polar surface area (TPSA) is 26.3 Å². The Morgan fingerprint density at radius 3 is 2.14 bits per heavy atom. The van der Waals surface area contributed by atoms with E-state index in [1.807, 2.05) is 6.92 Å². The van der Waals surface area contributed by atoms with Gasteiger partial charge in [0.05, 0.1) is 0 Å². The van der Waals surface area contributed by atoms with Gasteiger partial charge in [0, 0.05) is 12.8 Å². The molecule has 0 N–H and O–H groups in total. The Kier molecular flexibility index (Phi) is 11.1. The van der Waals surface area contributed by atoms with E-state index in [0.29, 0.717) is 12.3 Å². The molecule has 0 spiro atoms. The van der Waals surface area contributed by atoms with Crippen molar-refractivity contribution in [1.29, 1.82) is 0 Å². The highest BCUT2D eigenvalue weighted by atomic mass is 16.5. The van der Waals surface area contributed by atoms with E-state index in [-0.39, 0.29) is 5.97 Å². The first-order chi connectivity index (χ1) is 10.7. The molecule has 128 valence electrons. The molecule has 22 heavy (non-hydrogen) atoms. The Bertz CT molecular complexity index is 320. The summed E-state index contributed by atoms with van der Waals surface area (Å²) in [4.78, 5) is 11.8. The Balaban J connectivity index is 2.52. The first kappa shape index (κ1) is 19.3. The number of rotatable bonds is 3. The van der Waals surface area contributed by atoms with Gasteiger partial charge in [-0.15, -0.1) is 0 Å². The highest BCUT2D eigenvalue weighted by Gasteiger charge is 2.09. The van der Waals surface area contributed by atoms with Gasteiger partial charge in [0.25, 0.3) is 0 Å². The summed E-state index contributed by atoms with van der Waals surface area (Å²) in [6, 6.07) is 0. The number of carbonyl (C=O) groups excluding carboxylic acids is 1. The van der Waals surface area contributed by atoms with E-state index in [2.05, 4.69) is 13.0 Å². The fraction of sp³-hybridized carbons (Fsp3) is 0.850. The summed E-state index contributed by atoms with van der Waals surface area (Å²) in [6.07, 6.45) is 19.1. The maximum Gasteiger partial charge on any atom is 0.310 e. The Morgan fingerprint density at radius 1 is 1.00 bits per heavy atom. The predicted octanol–water partition coefficient (Wildman–Crippen LogP) is 6.54. The minimum atomic E-state index is -0.0566. The van der Waals surface area contributed by atoms with Gasteiger partial charge < -0.3 is 4.74 Å². The van der Waals surface area contributed by atoms with Crippen LogP contribution >= 0.6 is 0 Å². The second kappa shape index (κ2) is 12.7. The average Bonchev–Trinajstić information content (AvgIpc) is 2.48. The molecule has 2 heteroatoms. The zero-order chi connectivity index (χ0) is 16.0. The van der Waals surface area contributed by atoms with Gasteiger partial charge in [0.1, 0.15) is 5.76 Å². The molecule has 0 amide bonds. The lowest BCUT2D eigenvalue weighted by molar-refractivity contribution is -0.139. The molecule has 0 aromatic heterocycles. The summed E-state index contributed by atoms with van der Waals surface area (Å²) >= 11 is 0. The molecule has 1 aliphatic carbocycles. The maximum atomic E-state index is 11.8. The molecule has 0 fully saturated rings. The van der Waals surface area contributed by atoms with Crippen LogP contribution in [-0.2, 0) is 9.53 Å². The molecule has 1 rings (SSSR count). The van der Waals surface area contributed by atoms with E-state index in [4.69, 9.17) is 4.74 Å². The van der Waals surface area contributed by atoms with Gasteiger partial charge in [0.2, 0.25) is 0 Å². The summed E-state index contributed by atoms with van der Waals surface area (Å²) in [7, 11) is 0. The zero-order valence-corrected chi connectivity index (χ0v) is 14.9. The number of esters is 1. The first-order valence-electron chi connectivity index (χ1n) is 9.63. The smallest absolute Gasteiger partial charge is 0.310 e.